The average Bonchev–Trinajstić information content (AvgIpc) is 2.31. The summed E-state index contributed by atoms with van der Waals surface area (Å²) < 4.78 is 14.3. The van der Waals surface area contributed by atoms with Crippen LogP contribution >= 0.6 is 15.9 Å². The molecule has 3 heteroatoms. The highest BCUT2D eigenvalue weighted by Crippen LogP contribution is 2.24. The van der Waals surface area contributed by atoms with Gasteiger partial charge in [-0.1, -0.05) is 32.1 Å². The summed E-state index contributed by atoms with van der Waals surface area (Å²) in [6.45, 7) is 8.28. The molecule has 0 saturated heterocycles. The monoisotopic (exact) mass is 313 g/mol. The zero-order valence-corrected chi connectivity index (χ0v) is 12.8. The Morgan fingerprint density at radius 1 is 1.44 bits per heavy atom. The van der Waals surface area contributed by atoms with E-state index in [1.54, 1.807) is 6.07 Å². The highest BCUT2D eigenvalue weighted by atomic mass is 79.9. The zero-order chi connectivity index (χ0) is 13.5. The molecular formula is C15H21BrFN. The van der Waals surface area contributed by atoms with Gasteiger partial charge in [0.05, 0.1) is 4.47 Å². The van der Waals surface area contributed by atoms with Crippen LogP contribution in [0, 0.1) is 11.7 Å². The van der Waals surface area contributed by atoms with Gasteiger partial charge in [0.15, 0.2) is 0 Å². The van der Waals surface area contributed by atoms with Crippen molar-refractivity contribution in [1.29, 1.82) is 0 Å². The van der Waals surface area contributed by atoms with Gasteiger partial charge >= 0.3 is 0 Å². The molecule has 0 saturated carbocycles. The van der Waals surface area contributed by atoms with Crippen LogP contribution in [0.15, 0.2) is 28.7 Å². The molecule has 0 aliphatic rings. The standard InChI is InChI=1S/C15H21BrFN/c1-11(2)10-18-9-5-6-12(3)13-7-4-8-14(16)15(13)17/h4,6-8,11,18H,5,9-10H2,1-3H3/b12-6-. The highest BCUT2D eigenvalue weighted by Gasteiger charge is 2.06. The van der Waals surface area contributed by atoms with Crippen molar-refractivity contribution in [3.63, 3.8) is 0 Å². The number of benzene rings is 1. The molecule has 0 bridgehead atoms. The molecule has 0 heterocycles. The number of allylic oxidation sites excluding steroid dienone is 1. The van der Waals surface area contributed by atoms with Gasteiger partial charge in [0.25, 0.3) is 0 Å². The highest BCUT2D eigenvalue weighted by molar-refractivity contribution is 9.10. The van der Waals surface area contributed by atoms with Crippen molar-refractivity contribution >= 4 is 21.5 Å². The fraction of sp³-hybridized carbons (Fsp3) is 0.467. The average molecular weight is 314 g/mol. The first-order chi connectivity index (χ1) is 8.52. The van der Waals surface area contributed by atoms with Crippen LogP contribution in [0.4, 0.5) is 4.39 Å². The van der Waals surface area contributed by atoms with Crippen LogP contribution in [-0.2, 0) is 0 Å². The van der Waals surface area contributed by atoms with Crippen molar-refractivity contribution in [3.05, 3.63) is 40.1 Å². The van der Waals surface area contributed by atoms with Gasteiger partial charge in [-0.05, 0) is 59.9 Å². The first-order valence-electron chi connectivity index (χ1n) is 6.34. The third-order valence-electron chi connectivity index (χ3n) is 2.70. The maximum atomic E-state index is 13.8. The third kappa shape index (κ3) is 4.91. The minimum atomic E-state index is -0.179. The summed E-state index contributed by atoms with van der Waals surface area (Å²) in [6.07, 6.45) is 3.00. The Kier molecular flexibility index (Phi) is 6.58. The summed E-state index contributed by atoms with van der Waals surface area (Å²) in [5.74, 6) is 0.485. The van der Waals surface area contributed by atoms with E-state index in [1.807, 2.05) is 19.1 Å². The summed E-state index contributed by atoms with van der Waals surface area (Å²) >= 11 is 3.21. The minimum absolute atomic E-state index is 0.179. The van der Waals surface area contributed by atoms with E-state index in [9.17, 15) is 4.39 Å². The number of halogens is 2. The van der Waals surface area contributed by atoms with Crippen LogP contribution in [0.25, 0.3) is 5.57 Å². The molecule has 1 nitrogen and oxygen atoms in total. The lowest BCUT2D eigenvalue weighted by molar-refractivity contribution is 0.557. The van der Waals surface area contributed by atoms with E-state index < -0.39 is 0 Å². The first kappa shape index (κ1) is 15.4. The number of rotatable bonds is 6. The van der Waals surface area contributed by atoms with E-state index in [-0.39, 0.29) is 5.82 Å². The van der Waals surface area contributed by atoms with Crippen molar-refractivity contribution in [2.24, 2.45) is 5.92 Å². The Balaban J connectivity index is 2.53. The second kappa shape index (κ2) is 7.70. The Morgan fingerprint density at radius 3 is 2.83 bits per heavy atom. The van der Waals surface area contributed by atoms with E-state index in [2.05, 4.69) is 41.2 Å². The van der Waals surface area contributed by atoms with E-state index >= 15 is 0 Å². The predicted octanol–water partition coefficient (Wildman–Crippen LogP) is 4.63. The van der Waals surface area contributed by atoms with Crippen molar-refractivity contribution in [1.82, 2.24) is 5.32 Å². The van der Waals surface area contributed by atoms with E-state index in [1.165, 1.54) is 0 Å². The number of hydrogen-bond acceptors (Lipinski definition) is 1. The minimum Gasteiger partial charge on any atom is -0.316 e. The Bertz CT molecular complexity index is 413. The summed E-state index contributed by atoms with van der Waals surface area (Å²) in [6, 6.07) is 5.39. The molecule has 1 aromatic rings. The lowest BCUT2D eigenvalue weighted by atomic mass is 10.1. The topological polar surface area (TPSA) is 12.0 Å². The lowest BCUT2D eigenvalue weighted by Crippen LogP contribution is -2.20. The van der Waals surface area contributed by atoms with Crippen molar-refractivity contribution in [2.45, 2.75) is 27.2 Å². The van der Waals surface area contributed by atoms with E-state index in [0.717, 1.165) is 25.1 Å². The van der Waals surface area contributed by atoms with Gasteiger partial charge in [0, 0.05) is 5.56 Å². The smallest absolute Gasteiger partial charge is 0.144 e. The Labute approximate surface area is 118 Å². The molecule has 0 unspecified atom stereocenters. The predicted molar refractivity (Wildman–Crippen MR) is 80.1 cm³/mol. The summed E-state index contributed by atoms with van der Waals surface area (Å²) in [4.78, 5) is 0. The molecular weight excluding hydrogens is 293 g/mol. The maximum Gasteiger partial charge on any atom is 0.144 e. The number of nitrogens with one attached hydrogen (secondary N) is 1. The Hall–Kier alpha value is -0.670. The maximum absolute atomic E-state index is 13.8. The largest absolute Gasteiger partial charge is 0.316 e. The normalized spacial score (nSPS) is 12.2. The lowest BCUT2D eigenvalue weighted by Gasteiger charge is -2.07. The van der Waals surface area contributed by atoms with Crippen molar-refractivity contribution < 1.29 is 4.39 Å². The molecule has 18 heavy (non-hydrogen) atoms. The van der Waals surface area contributed by atoms with E-state index in [4.69, 9.17) is 0 Å². The summed E-state index contributed by atoms with van der Waals surface area (Å²) in [5.41, 5.74) is 1.66. The number of hydrogen-bond donors (Lipinski definition) is 1. The van der Waals surface area contributed by atoms with Crippen molar-refractivity contribution in [3.8, 4) is 0 Å². The molecule has 0 aliphatic heterocycles. The van der Waals surface area contributed by atoms with Crippen LogP contribution in [0.2, 0.25) is 0 Å². The van der Waals surface area contributed by atoms with Gasteiger partial charge in [-0.3, -0.25) is 0 Å². The molecule has 0 aliphatic carbocycles. The summed E-state index contributed by atoms with van der Waals surface area (Å²) in [5, 5.41) is 3.37. The van der Waals surface area contributed by atoms with Gasteiger partial charge in [0.1, 0.15) is 5.82 Å². The van der Waals surface area contributed by atoms with Crippen LogP contribution in [0.3, 0.4) is 0 Å². The Morgan fingerprint density at radius 2 is 2.17 bits per heavy atom. The third-order valence-corrected chi connectivity index (χ3v) is 3.31. The summed E-state index contributed by atoms with van der Waals surface area (Å²) in [7, 11) is 0. The molecule has 0 atom stereocenters. The molecule has 0 fully saturated rings. The molecule has 1 rings (SSSR count). The zero-order valence-electron chi connectivity index (χ0n) is 11.3. The quantitative estimate of drug-likeness (QED) is 0.755. The van der Waals surface area contributed by atoms with Gasteiger partial charge in [-0.25, -0.2) is 4.39 Å². The second-order valence-electron chi connectivity index (χ2n) is 4.88. The van der Waals surface area contributed by atoms with Crippen LogP contribution in [-0.4, -0.2) is 13.1 Å². The van der Waals surface area contributed by atoms with Crippen LogP contribution < -0.4 is 5.32 Å². The van der Waals surface area contributed by atoms with Gasteiger partial charge in [-0.2, -0.15) is 0 Å². The first-order valence-corrected chi connectivity index (χ1v) is 7.13. The molecule has 0 radical (unpaired) electrons. The van der Waals surface area contributed by atoms with Gasteiger partial charge < -0.3 is 5.32 Å². The molecule has 0 aromatic heterocycles. The fourth-order valence-electron chi connectivity index (χ4n) is 1.70. The van der Waals surface area contributed by atoms with Crippen molar-refractivity contribution in [2.75, 3.05) is 13.1 Å². The van der Waals surface area contributed by atoms with E-state index in [0.29, 0.717) is 16.0 Å². The fourth-order valence-corrected chi connectivity index (χ4v) is 2.07. The van der Waals surface area contributed by atoms with Gasteiger partial charge in [-0.15, -0.1) is 0 Å². The molecule has 1 aromatic carbocycles. The SMILES string of the molecule is C/C(=C/CCNCC(C)C)c1cccc(Br)c1F. The molecule has 0 amide bonds. The second-order valence-corrected chi connectivity index (χ2v) is 5.73. The van der Waals surface area contributed by atoms with Gasteiger partial charge in [0.2, 0.25) is 0 Å². The van der Waals surface area contributed by atoms with Crippen LogP contribution in [0.5, 0.6) is 0 Å². The molecule has 100 valence electrons. The molecule has 0 spiro atoms. The molecule has 1 N–H and O–H groups in total. The van der Waals surface area contributed by atoms with Crippen LogP contribution in [0.1, 0.15) is 32.8 Å².